The van der Waals surface area contributed by atoms with Crippen molar-refractivity contribution in [2.24, 2.45) is 0 Å². The molecular weight excluding hydrogens is 288 g/mol. The number of carbonyl (C=O) groups is 1. The maximum atomic E-state index is 12.2. The van der Waals surface area contributed by atoms with Gasteiger partial charge in [0.15, 0.2) is 0 Å². The SMILES string of the molecule is O=C(Cn1ccc2ccccc21)NCc1cc(C2CC2)ncn1. The first-order valence-electron chi connectivity index (χ1n) is 7.91. The highest BCUT2D eigenvalue weighted by Gasteiger charge is 2.25. The van der Waals surface area contributed by atoms with Gasteiger partial charge in [0.05, 0.1) is 12.2 Å². The summed E-state index contributed by atoms with van der Waals surface area (Å²) in [5, 5.41) is 4.08. The Bertz CT molecular complexity index is 851. The third kappa shape index (κ3) is 3.08. The monoisotopic (exact) mass is 306 g/mol. The zero-order valence-corrected chi connectivity index (χ0v) is 12.8. The van der Waals surface area contributed by atoms with Crippen molar-refractivity contribution in [1.29, 1.82) is 0 Å². The van der Waals surface area contributed by atoms with Crippen molar-refractivity contribution in [1.82, 2.24) is 19.9 Å². The topological polar surface area (TPSA) is 59.8 Å². The van der Waals surface area contributed by atoms with Crippen LogP contribution in [0, 0.1) is 0 Å². The Hall–Kier alpha value is -2.69. The molecule has 1 N–H and O–H groups in total. The maximum absolute atomic E-state index is 12.2. The Morgan fingerprint density at radius 3 is 2.96 bits per heavy atom. The summed E-state index contributed by atoms with van der Waals surface area (Å²) >= 11 is 0. The van der Waals surface area contributed by atoms with E-state index in [1.54, 1.807) is 6.33 Å². The number of aromatic nitrogens is 3. The molecule has 0 bridgehead atoms. The van der Waals surface area contributed by atoms with Crippen LogP contribution in [0.25, 0.3) is 10.9 Å². The largest absolute Gasteiger partial charge is 0.349 e. The van der Waals surface area contributed by atoms with Gasteiger partial charge in [0.25, 0.3) is 0 Å². The fourth-order valence-electron chi connectivity index (χ4n) is 2.79. The van der Waals surface area contributed by atoms with Crippen LogP contribution in [0.1, 0.15) is 30.1 Å². The van der Waals surface area contributed by atoms with Gasteiger partial charge < -0.3 is 9.88 Å². The van der Waals surface area contributed by atoms with Crippen molar-refractivity contribution >= 4 is 16.8 Å². The number of hydrogen-bond donors (Lipinski definition) is 1. The van der Waals surface area contributed by atoms with E-state index < -0.39 is 0 Å². The number of rotatable bonds is 5. The molecule has 116 valence electrons. The van der Waals surface area contributed by atoms with Gasteiger partial charge in [-0.05, 0) is 36.4 Å². The Labute approximate surface area is 134 Å². The number of para-hydroxylation sites is 1. The van der Waals surface area contributed by atoms with Gasteiger partial charge in [-0.3, -0.25) is 4.79 Å². The molecule has 1 aliphatic rings. The second kappa shape index (κ2) is 5.83. The molecule has 0 radical (unpaired) electrons. The number of nitrogens with zero attached hydrogens (tertiary/aromatic N) is 3. The van der Waals surface area contributed by atoms with Crippen LogP contribution in [0.2, 0.25) is 0 Å². The van der Waals surface area contributed by atoms with E-state index in [-0.39, 0.29) is 5.91 Å². The van der Waals surface area contributed by atoms with Gasteiger partial charge in [-0.1, -0.05) is 18.2 Å². The Balaban J connectivity index is 1.39. The molecule has 2 heterocycles. The molecule has 4 rings (SSSR count). The third-order valence-electron chi connectivity index (χ3n) is 4.20. The van der Waals surface area contributed by atoms with Gasteiger partial charge >= 0.3 is 0 Å². The fourth-order valence-corrected chi connectivity index (χ4v) is 2.79. The summed E-state index contributed by atoms with van der Waals surface area (Å²) in [5.41, 5.74) is 3.04. The maximum Gasteiger partial charge on any atom is 0.240 e. The van der Waals surface area contributed by atoms with Crippen LogP contribution in [-0.4, -0.2) is 20.4 Å². The molecule has 0 saturated heterocycles. The summed E-state index contributed by atoms with van der Waals surface area (Å²) in [6.07, 6.45) is 5.96. The molecule has 1 amide bonds. The zero-order chi connectivity index (χ0) is 15.6. The van der Waals surface area contributed by atoms with Crippen molar-refractivity contribution in [3.63, 3.8) is 0 Å². The second-order valence-corrected chi connectivity index (χ2v) is 5.99. The van der Waals surface area contributed by atoms with E-state index in [2.05, 4.69) is 15.3 Å². The lowest BCUT2D eigenvalue weighted by molar-refractivity contribution is -0.121. The highest BCUT2D eigenvalue weighted by molar-refractivity contribution is 5.83. The molecule has 1 fully saturated rings. The molecule has 1 aliphatic carbocycles. The van der Waals surface area contributed by atoms with Crippen LogP contribution in [-0.2, 0) is 17.9 Å². The Morgan fingerprint density at radius 2 is 2.09 bits per heavy atom. The number of nitrogens with one attached hydrogen (secondary N) is 1. The molecular formula is C18H18N4O. The minimum atomic E-state index is -0.0158. The van der Waals surface area contributed by atoms with E-state index in [0.29, 0.717) is 19.0 Å². The summed E-state index contributed by atoms with van der Waals surface area (Å²) in [4.78, 5) is 20.7. The van der Waals surface area contributed by atoms with E-state index in [0.717, 1.165) is 22.3 Å². The van der Waals surface area contributed by atoms with Crippen LogP contribution >= 0.6 is 0 Å². The molecule has 5 heteroatoms. The number of carbonyl (C=O) groups excluding carboxylic acids is 1. The second-order valence-electron chi connectivity index (χ2n) is 5.99. The molecule has 0 aliphatic heterocycles. The first-order chi connectivity index (χ1) is 11.3. The Morgan fingerprint density at radius 1 is 1.22 bits per heavy atom. The summed E-state index contributed by atoms with van der Waals surface area (Å²) in [5.74, 6) is 0.580. The van der Waals surface area contributed by atoms with Crippen molar-refractivity contribution in [3.05, 3.63) is 60.3 Å². The van der Waals surface area contributed by atoms with E-state index >= 15 is 0 Å². The fraction of sp³-hybridized carbons (Fsp3) is 0.278. The first kappa shape index (κ1) is 13.9. The summed E-state index contributed by atoms with van der Waals surface area (Å²) in [6, 6.07) is 12.1. The summed E-state index contributed by atoms with van der Waals surface area (Å²) in [7, 11) is 0. The van der Waals surface area contributed by atoms with Gasteiger partial charge in [-0.2, -0.15) is 0 Å². The van der Waals surface area contributed by atoms with Crippen LogP contribution in [0.15, 0.2) is 48.9 Å². The average Bonchev–Trinajstić information content (AvgIpc) is 3.36. The number of amides is 1. The summed E-state index contributed by atoms with van der Waals surface area (Å²) < 4.78 is 1.96. The van der Waals surface area contributed by atoms with Crippen molar-refractivity contribution in [3.8, 4) is 0 Å². The molecule has 0 spiro atoms. The highest BCUT2D eigenvalue weighted by Crippen LogP contribution is 2.38. The normalized spacial score (nSPS) is 14.1. The molecule has 1 aromatic carbocycles. The lowest BCUT2D eigenvalue weighted by Gasteiger charge is -2.08. The van der Waals surface area contributed by atoms with E-state index in [9.17, 15) is 4.79 Å². The van der Waals surface area contributed by atoms with Gasteiger partial charge in [-0.25, -0.2) is 9.97 Å². The third-order valence-corrected chi connectivity index (χ3v) is 4.20. The molecule has 1 saturated carbocycles. The van der Waals surface area contributed by atoms with Crippen LogP contribution < -0.4 is 5.32 Å². The van der Waals surface area contributed by atoms with Crippen LogP contribution in [0.5, 0.6) is 0 Å². The molecule has 2 aromatic heterocycles. The molecule has 23 heavy (non-hydrogen) atoms. The predicted molar refractivity (Wildman–Crippen MR) is 87.8 cm³/mol. The minimum Gasteiger partial charge on any atom is -0.349 e. The quantitative estimate of drug-likeness (QED) is 0.788. The van der Waals surface area contributed by atoms with Crippen LogP contribution in [0.4, 0.5) is 0 Å². The smallest absolute Gasteiger partial charge is 0.240 e. The highest BCUT2D eigenvalue weighted by atomic mass is 16.1. The molecule has 0 atom stereocenters. The van der Waals surface area contributed by atoms with Crippen molar-refractivity contribution in [2.45, 2.75) is 31.8 Å². The molecule has 5 nitrogen and oxygen atoms in total. The average molecular weight is 306 g/mol. The van der Waals surface area contributed by atoms with E-state index in [1.165, 1.54) is 12.8 Å². The van der Waals surface area contributed by atoms with Gasteiger partial charge in [0.1, 0.15) is 12.9 Å². The Kier molecular flexibility index (Phi) is 3.54. The van der Waals surface area contributed by atoms with Gasteiger partial charge in [-0.15, -0.1) is 0 Å². The van der Waals surface area contributed by atoms with Crippen LogP contribution in [0.3, 0.4) is 0 Å². The van der Waals surface area contributed by atoms with Gasteiger partial charge in [0, 0.05) is 23.3 Å². The zero-order valence-electron chi connectivity index (χ0n) is 12.8. The number of hydrogen-bond acceptors (Lipinski definition) is 3. The van der Waals surface area contributed by atoms with Crippen molar-refractivity contribution < 1.29 is 4.79 Å². The summed E-state index contributed by atoms with van der Waals surface area (Å²) in [6.45, 7) is 0.758. The minimum absolute atomic E-state index is 0.0158. The number of fused-ring (bicyclic) bond motifs is 1. The lowest BCUT2D eigenvalue weighted by atomic mass is 10.2. The molecule has 3 aromatic rings. The van der Waals surface area contributed by atoms with E-state index in [1.807, 2.05) is 47.2 Å². The first-order valence-corrected chi connectivity index (χ1v) is 7.91. The van der Waals surface area contributed by atoms with Gasteiger partial charge in [0.2, 0.25) is 5.91 Å². The molecule has 0 unspecified atom stereocenters. The van der Waals surface area contributed by atoms with Crippen molar-refractivity contribution in [2.75, 3.05) is 0 Å². The lowest BCUT2D eigenvalue weighted by Crippen LogP contribution is -2.27. The van der Waals surface area contributed by atoms with E-state index in [4.69, 9.17) is 0 Å². The number of benzene rings is 1. The standard InChI is InChI=1S/C18H18N4O/c23-18(11-22-8-7-14-3-1-2-4-17(14)22)19-10-15-9-16(13-5-6-13)21-12-20-15/h1-4,7-9,12-13H,5-6,10-11H2,(H,19,23). The predicted octanol–water partition coefficient (Wildman–Crippen LogP) is 2.63.